The van der Waals surface area contributed by atoms with Crippen LogP contribution < -0.4 is 9.47 Å². The largest absolute Gasteiger partial charge is 0.497 e. The molecule has 0 bridgehead atoms. The van der Waals surface area contributed by atoms with Crippen LogP contribution in [0.4, 0.5) is 0 Å². The molecule has 0 aromatic heterocycles. The number of carboxylic acid groups (broad SMARTS) is 1. The van der Waals surface area contributed by atoms with Crippen molar-refractivity contribution in [2.45, 2.75) is 19.3 Å². The average Bonchev–Trinajstić information content (AvgIpc) is 2.38. The molecular formula is C13H15NO4. The summed E-state index contributed by atoms with van der Waals surface area (Å²) >= 11 is 0. The Hall–Kier alpha value is -2.22. The molecule has 1 aromatic carbocycles. The topological polar surface area (TPSA) is 79.5 Å². The van der Waals surface area contributed by atoms with Crippen LogP contribution in [0.25, 0.3) is 0 Å². The van der Waals surface area contributed by atoms with Gasteiger partial charge in [-0.25, -0.2) is 4.79 Å². The van der Waals surface area contributed by atoms with Gasteiger partial charge in [0.25, 0.3) is 0 Å². The lowest BCUT2D eigenvalue weighted by Crippen LogP contribution is -2.05. The van der Waals surface area contributed by atoms with Gasteiger partial charge in [0.05, 0.1) is 19.8 Å². The van der Waals surface area contributed by atoms with Gasteiger partial charge in [-0.3, -0.25) is 0 Å². The number of hydrogen-bond donors (Lipinski definition) is 1. The second kappa shape index (κ2) is 7.17. The maximum atomic E-state index is 11.0. The van der Waals surface area contributed by atoms with Crippen molar-refractivity contribution in [3.05, 3.63) is 23.8 Å². The van der Waals surface area contributed by atoms with E-state index in [9.17, 15) is 4.79 Å². The summed E-state index contributed by atoms with van der Waals surface area (Å²) in [4.78, 5) is 11.0. The highest BCUT2D eigenvalue weighted by Gasteiger charge is 2.12. The minimum Gasteiger partial charge on any atom is -0.497 e. The molecule has 0 unspecified atom stereocenters. The van der Waals surface area contributed by atoms with Crippen molar-refractivity contribution in [2.24, 2.45) is 0 Å². The molecule has 0 heterocycles. The normalized spacial score (nSPS) is 9.56. The number of methoxy groups -OCH3 is 1. The summed E-state index contributed by atoms with van der Waals surface area (Å²) in [6.07, 6.45) is 1.95. The van der Waals surface area contributed by atoms with E-state index in [2.05, 4.69) is 0 Å². The van der Waals surface area contributed by atoms with Gasteiger partial charge in [0, 0.05) is 6.42 Å². The van der Waals surface area contributed by atoms with Crippen LogP contribution in [0.15, 0.2) is 18.2 Å². The number of ether oxygens (including phenoxy) is 2. The van der Waals surface area contributed by atoms with E-state index in [-0.39, 0.29) is 5.56 Å². The predicted molar refractivity (Wildman–Crippen MR) is 64.9 cm³/mol. The molecule has 0 aliphatic carbocycles. The highest BCUT2D eigenvalue weighted by atomic mass is 16.5. The van der Waals surface area contributed by atoms with Gasteiger partial charge in [-0.2, -0.15) is 5.26 Å². The van der Waals surface area contributed by atoms with Gasteiger partial charge in [-0.15, -0.1) is 0 Å². The zero-order valence-corrected chi connectivity index (χ0v) is 10.2. The third-order valence-electron chi connectivity index (χ3n) is 2.36. The fraction of sp³-hybridized carbons (Fsp3) is 0.385. The molecule has 5 heteroatoms. The van der Waals surface area contributed by atoms with Gasteiger partial charge in [0.1, 0.15) is 17.1 Å². The first-order valence-corrected chi connectivity index (χ1v) is 5.60. The predicted octanol–water partition coefficient (Wildman–Crippen LogP) is 2.47. The Labute approximate surface area is 106 Å². The van der Waals surface area contributed by atoms with Crippen molar-refractivity contribution in [3.63, 3.8) is 0 Å². The number of aromatic carboxylic acids is 1. The highest BCUT2D eigenvalue weighted by molar-refractivity contribution is 5.91. The van der Waals surface area contributed by atoms with Gasteiger partial charge in [0.15, 0.2) is 0 Å². The Balaban J connectivity index is 2.64. The van der Waals surface area contributed by atoms with Crippen molar-refractivity contribution in [2.75, 3.05) is 13.7 Å². The molecular weight excluding hydrogens is 234 g/mol. The molecule has 96 valence electrons. The third-order valence-corrected chi connectivity index (χ3v) is 2.36. The number of benzene rings is 1. The van der Waals surface area contributed by atoms with Crippen LogP contribution in [0.3, 0.4) is 0 Å². The van der Waals surface area contributed by atoms with Gasteiger partial charge >= 0.3 is 5.97 Å². The number of unbranched alkanes of at least 4 members (excludes halogenated alkanes) is 2. The smallest absolute Gasteiger partial charge is 0.339 e. The molecule has 0 atom stereocenters. The Morgan fingerprint density at radius 3 is 2.83 bits per heavy atom. The number of carbonyl (C=O) groups is 1. The molecule has 0 saturated heterocycles. The van der Waals surface area contributed by atoms with E-state index in [4.69, 9.17) is 19.8 Å². The lowest BCUT2D eigenvalue weighted by Gasteiger charge is -2.10. The van der Waals surface area contributed by atoms with Gasteiger partial charge < -0.3 is 14.6 Å². The van der Waals surface area contributed by atoms with E-state index >= 15 is 0 Å². The summed E-state index contributed by atoms with van der Waals surface area (Å²) in [6, 6.07) is 6.69. The fourth-order valence-electron chi connectivity index (χ4n) is 1.42. The molecule has 0 saturated carbocycles. The summed E-state index contributed by atoms with van der Waals surface area (Å²) in [5.41, 5.74) is 0.0784. The molecule has 18 heavy (non-hydrogen) atoms. The number of nitriles is 1. The van der Waals surface area contributed by atoms with Crippen molar-refractivity contribution in [3.8, 4) is 17.6 Å². The Morgan fingerprint density at radius 2 is 2.22 bits per heavy atom. The maximum Gasteiger partial charge on any atom is 0.339 e. The quantitative estimate of drug-likeness (QED) is 0.751. The summed E-state index contributed by atoms with van der Waals surface area (Å²) < 4.78 is 10.4. The molecule has 1 aromatic rings. The lowest BCUT2D eigenvalue weighted by atomic mass is 10.2. The standard InChI is InChI=1S/C13H15NO4/c1-17-10-5-6-12(11(9-10)13(15)16)18-8-4-2-3-7-14/h5-6,9H,2-4,8H2,1H3,(H,15,16). The maximum absolute atomic E-state index is 11.0. The van der Waals surface area contributed by atoms with Crippen LogP contribution in [0.1, 0.15) is 29.6 Å². The monoisotopic (exact) mass is 249 g/mol. The molecule has 0 aliphatic rings. The molecule has 0 radical (unpaired) electrons. The van der Waals surface area contributed by atoms with E-state index in [0.29, 0.717) is 24.5 Å². The van der Waals surface area contributed by atoms with Crippen molar-refractivity contribution < 1.29 is 19.4 Å². The summed E-state index contributed by atoms with van der Waals surface area (Å²) in [6.45, 7) is 0.397. The van der Waals surface area contributed by atoms with Gasteiger partial charge in [-0.1, -0.05) is 0 Å². The van der Waals surface area contributed by atoms with Crippen molar-refractivity contribution in [1.29, 1.82) is 5.26 Å². The molecule has 1 N–H and O–H groups in total. The third kappa shape index (κ3) is 3.98. The lowest BCUT2D eigenvalue weighted by molar-refractivity contribution is 0.0691. The molecule has 1 rings (SSSR count). The SMILES string of the molecule is COc1ccc(OCCCCC#N)c(C(=O)O)c1. The van der Waals surface area contributed by atoms with Crippen LogP contribution in [0, 0.1) is 11.3 Å². The first-order chi connectivity index (χ1) is 8.69. The summed E-state index contributed by atoms with van der Waals surface area (Å²) in [5.74, 6) is -0.259. The fourth-order valence-corrected chi connectivity index (χ4v) is 1.42. The first-order valence-electron chi connectivity index (χ1n) is 5.60. The van der Waals surface area contributed by atoms with Gasteiger partial charge in [0.2, 0.25) is 0 Å². The van der Waals surface area contributed by atoms with Crippen molar-refractivity contribution in [1.82, 2.24) is 0 Å². The van der Waals surface area contributed by atoms with Crippen LogP contribution in [-0.4, -0.2) is 24.8 Å². The zero-order valence-electron chi connectivity index (χ0n) is 10.2. The number of rotatable bonds is 7. The van der Waals surface area contributed by atoms with Crippen LogP contribution >= 0.6 is 0 Å². The highest BCUT2D eigenvalue weighted by Crippen LogP contribution is 2.24. The summed E-state index contributed by atoms with van der Waals surface area (Å²) in [7, 11) is 1.48. The average molecular weight is 249 g/mol. The van der Waals surface area contributed by atoms with E-state index in [1.54, 1.807) is 12.1 Å². The molecule has 5 nitrogen and oxygen atoms in total. The van der Waals surface area contributed by atoms with E-state index < -0.39 is 5.97 Å². The number of hydrogen-bond acceptors (Lipinski definition) is 4. The van der Waals surface area contributed by atoms with Crippen LogP contribution in [0.5, 0.6) is 11.5 Å². The summed E-state index contributed by atoms with van der Waals surface area (Å²) in [5, 5.41) is 17.4. The second-order valence-corrected chi connectivity index (χ2v) is 3.63. The minimum atomic E-state index is -1.05. The van der Waals surface area contributed by atoms with Gasteiger partial charge in [-0.05, 0) is 31.0 Å². The van der Waals surface area contributed by atoms with E-state index in [1.807, 2.05) is 6.07 Å². The first kappa shape index (κ1) is 13.8. The van der Waals surface area contributed by atoms with E-state index in [1.165, 1.54) is 13.2 Å². The Kier molecular flexibility index (Phi) is 5.52. The zero-order chi connectivity index (χ0) is 13.4. The Bertz CT molecular complexity index is 451. The minimum absolute atomic E-state index is 0.0784. The molecule has 0 spiro atoms. The molecule has 0 fully saturated rings. The molecule has 0 amide bonds. The van der Waals surface area contributed by atoms with Crippen LogP contribution in [-0.2, 0) is 0 Å². The van der Waals surface area contributed by atoms with Crippen LogP contribution in [0.2, 0.25) is 0 Å². The Morgan fingerprint density at radius 1 is 1.44 bits per heavy atom. The van der Waals surface area contributed by atoms with E-state index in [0.717, 1.165) is 12.8 Å². The van der Waals surface area contributed by atoms with Crippen molar-refractivity contribution >= 4 is 5.97 Å². The number of carboxylic acids is 1. The number of nitrogens with zero attached hydrogens (tertiary/aromatic N) is 1. The second-order valence-electron chi connectivity index (χ2n) is 3.63. The molecule has 0 aliphatic heterocycles.